The van der Waals surface area contributed by atoms with Gasteiger partial charge in [0.2, 0.25) is 0 Å². The molecule has 0 fully saturated rings. The maximum atomic E-state index is 5.23. The summed E-state index contributed by atoms with van der Waals surface area (Å²) < 4.78 is 2.50. The van der Waals surface area contributed by atoms with Gasteiger partial charge in [-0.3, -0.25) is 0 Å². The van der Waals surface area contributed by atoms with Crippen molar-refractivity contribution in [3.63, 3.8) is 0 Å². The van der Waals surface area contributed by atoms with Crippen LogP contribution in [-0.4, -0.2) is 29.9 Å². The minimum Gasteiger partial charge on any atom is -0.208 e. The van der Waals surface area contributed by atoms with Crippen LogP contribution in [0.25, 0.3) is 132 Å². The number of hydrogen-bond donors (Lipinski definition) is 0. The Labute approximate surface area is 505 Å². The third-order valence-electron chi connectivity index (χ3n) is 17.0. The lowest BCUT2D eigenvalue weighted by Crippen LogP contribution is -2.27. The molecule has 0 N–H and O–H groups in total. The quantitative estimate of drug-likeness (QED) is 0.136. The van der Waals surface area contributed by atoms with Crippen molar-refractivity contribution in [2.24, 2.45) is 0 Å². The summed E-state index contributed by atoms with van der Waals surface area (Å²) in [4.78, 5) is 33.3. The van der Waals surface area contributed by atoms with E-state index in [-0.39, 0.29) is 11.8 Å². The molecule has 4 aromatic heterocycles. The molecule has 8 heteroatoms. The minimum atomic E-state index is 0.105. The summed E-state index contributed by atoms with van der Waals surface area (Å²) in [6, 6.07) is 99.7. The summed E-state index contributed by atoms with van der Waals surface area (Å²) in [5.41, 5.74) is 20.7. The first-order chi connectivity index (χ1) is 42.6. The Balaban J connectivity index is 0.687. The van der Waals surface area contributed by atoms with E-state index in [0.717, 1.165) is 55.6 Å². The normalized spacial score (nSPS) is 13.8. The van der Waals surface area contributed by atoms with Gasteiger partial charge >= 0.3 is 0 Å². The van der Waals surface area contributed by atoms with Crippen LogP contribution in [0.3, 0.4) is 0 Å². The summed E-state index contributed by atoms with van der Waals surface area (Å²) >= 11 is 3.58. The van der Waals surface area contributed by atoms with Crippen LogP contribution >= 0.6 is 22.7 Å². The summed E-state index contributed by atoms with van der Waals surface area (Å²) in [7, 11) is 0. The third-order valence-corrected chi connectivity index (χ3v) is 19.3. The molecule has 0 amide bonds. The Morgan fingerprint density at radius 3 is 0.919 bits per heavy atom. The van der Waals surface area contributed by atoms with Crippen molar-refractivity contribution >= 4 is 42.8 Å². The van der Waals surface area contributed by atoms with Gasteiger partial charge in [-0.15, -0.1) is 22.7 Å². The number of thiophene rings is 2. The van der Waals surface area contributed by atoms with Crippen LogP contribution in [-0.2, 0) is 0 Å². The second-order valence-corrected chi connectivity index (χ2v) is 24.2. The van der Waals surface area contributed by atoms with E-state index >= 15 is 0 Å². The predicted octanol–water partition coefficient (Wildman–Crippen LogP) is 20.1. The fourth-order valence-corrected chi connectivity index (χ4v) is 15.1. The smallest absolute Gasteiger partial charge is 0.164 e. The predicted molar refractivity (Wildman–Crippen MR) is 353 cm³/mol. The molecule has 4 heterocycles. The molecule has 402 valence electrons. The maximum Gasteiger partial charge on any atom is 0.164 e. The fraction of sp³-hybridized carbons (Fsp3) is 0.0256. The van der Waals surface area contributed by atoms with E-state index in [9.17, 15) is 0 Å². The second-order valence-electron chi connectivity index (χ2n) is 22.1. The molecule has 3 aliphatic rings. The number of hydrogen-bond acceptors (Lipinski definition) is 8. The molecule has 15 aromatic rings. The van der Waals surface area contributed by atoms with Crippen molar-refractivity contribution < 1.29 is 0 Å². The molecule has 0 saturated heterocycles. The van der Waals surface area contributed by atoms with Gasteiger partial charge in [-0.25, -0.2) is 29.9 Å². The molecule has 3 aliphatic carbocycles. The van der Waals surface area contributed by atoms with E-state index < -0.39 is 0 Å². The van der Waals surface area contributed by atoms with Crippen LogP contribution in [0.2, 0.25) is 0 Å². The molecule has 11 aromatic carbocycles. The van der Waals surface area contributed by atoms with Gasteiger partial charge in [-0.05, 0) is 103 Å². The lowest BCUT2D eigenvalue weighted by Gasteiger charge is -2.42. The van der Waals surface area contributed by atoms with Gasteiger partial charge in [0, 0.05) is 75.5 Å². The largest absolute Gasteiger partial charge is 0.208 e. The summed E-state index contributed by atoms with van der Waals surface area (Å²) in [5, 5.41) is 2.46. The Hall–Kier alpha value is -10.6. The van der Waals surface area contributed by atoms with Gasteiger partial charge in [0.15, 0.2) is 34.9 Å². The Morgan fingerprint density at radius 2 is 0.512 bits per heavy atom. The van der Waals surface area contributed by atoms with Crippen molar-refractivity contribution in [3.8, 4) is 111 Å². The van der Waals surface area contributed by atoms with E-state index in [0.29, 0.717) is 34.9 Å². The van der Waals surface area contributed by atoms with Crippen molar-refractivity contribution in [2.75, 3.05) is 0 Å². The van der Waals surface area contributed by atoms with Crippen LogP contribution in [0.5, 0.6) is 0 Å². The van der Waals surface area contributed by atoms with Gasteiger partial charge < -0.3 is 0 Å². The van der Waals surface area contributed by atoms with Gasteiger partial charge in [0.25, 0.3) is 0 Å². The van der Waals surface area contributed by atoms with Crippen molar-refractivity contribution in [1.29, 1.82) is 0 Å². The number of rotatable bonds is 10. The molecule has 2 bridgehead atoms. The minimum absolute atomic E-state index is 0.105. The van der Waals surface area contributed by atoms with Crippen LogP contribution in [0, 0.1) is 0 Å². The van der Waals surface area contributed by atoms with Crippen LogP contribution in [0.4, 0.5) is 0 Å². The van der Waals surface area contributed by atoms with Crippen molar-refractivity contribution in [1.82, 2.24) is 29.9 Å². The molecule has 18 rings (SSSR count). The Bertz CT molecular complexity index is 4740. The second kappa shape index (κ2) is 20.6. The van der Waals surface area contributed by atoms with Crippen LogP contribution < -0.4 is 0 Å². The number of nitrogens with zero attached hydrogens (tertiary/aromatic N) is 6. The van der Waals surface area contributed by atoms with E-state index in [4.69, 9.17) is 29.9 Å². The first-order valence-electron chi connectivity index (χ1n) is 29.0. The molecule has 0 spiro atoms. The molecule has 86 heavy (non-hydrogen) atoms. The topological polar surface area (TPSA) is 77.3 Å². The average Bonchev–Trinajstić information content (AvgIpc) is 1.02. The highest BCUT2D eigenvalue weighted by molar-refractivity contribution is 7.22. The number of benzene rings is 11. The lowest BCUT2D eigenvalue weighted by molar-refractivity contribution is 0.755. The van der Waals surface area contributed by atoms with E-state index in [1.54, 1.807) is 22.7 Å². The average molecular weight is 1130 g/mol. The van der Waals surface area contributed by atoms with Crippen LogP contribution in [0.15, 0.2) is 279 Å². The van der Waals surface area contributed by atoms with E-state index in [1.807, 2.05) is 36.4 Å². The molecule has 2 unspecified atom stereocenters. The summed E-state index contributed by atoms with van der Waals surface area (Å²) in [6.07, 6.45) is 0. The van der Waals surface area contributed by atoms with Crippen molar-refractivity contribution in [3.05, 3.63) is 312 Å². The number of fused-ring (bicyclic) bond motifs is 2. The number of aromatic nitrogens is 6. The molecule has 6 nitrogen and oxygen atoms in total. The molecule has 0 saturated carbocycles. The highest BCUT2D eigenvalue weighted by atomic mass is 32.1. The van der Waals surface area contributed by atoms with Gasteiger partial charge in [-0.1, -0.05) is 243 Å². The standard InChI is InChI=1S/C78H48N6S2/c1-3-17-49(18-4-1)73-79-75(83-77(81-73)63-27-13-9-23-57(63)69-45-55-21-7-15-29-67(55)85-69)51-35-31-47(32-36-51)53-39-41-61-65(43-53)71-59-25-11-12-26-60(59)72(61)66-44-54(40-42-62(66)71)48-33-37-52(38-34-48)76-80-74(50-19-5-2-6-20-50)82-78(84-76)64-28-14-10-24-58(64)70-46-56-22-8-16-30-68(56)86-70/h1-46,71-72H. The molecule has 2 atom stereocenters. The zero-order valence-electron chi connectivity index (χ0n) is 46.2. The SMILES string of the molecule is c1ccc(-c2nc(-c3ccc(-c4ccc5c(c4)C4c6ccccc6C5c5cc(-c6ccc(-c7nc(-c8ccccc8)nc(-c8ccccc8-c8cc9ccccc9s8)n7)cc6)ccc54)cc3)nc(-c3ccccc3-c3cc4ccccc4s3)n2)cc1. The van der Waals surface area contributed by atoms with E-state index in [1.165, 1.54) is 74.4 Å². The fourth-order valence-electron chi connectivity index (χ4n) is 12.9. The zero-order valence-corrected chi connectivity index (χ0v) is 47.8. The van der Waals surface area contributed by atoms with Crippen molar-refractivity contribution in [2.45, 2.75) is 11.8 Å². The monoisotopic (exact) mass is 1130 g/mol. The van der Waals surface area contributed by atoms with E-state index in [2.05, 4.69) is 243 Å². The zero-order chi connectivity index (χ0) is 56.7. The molecular formula is C78H48N6S2. The molecule has 0 radical (unpaired) electrons. The first-order valence-corrected chi connectivity index (χ1v) is 30.6. The first kappa shape index (κ1) is 49.9. The highest BCUT2D eigenvalue weighted by Crippen LogP contribution is 2.57. The Morgan fingerprint density at radius 1 is 0.209 bits per heavy atom. The van der Waals surface area contributed by atoms with Crippen LogP contribution in [0.1, 0.15) is 45.2 Å². The molecule has 0 aliphatic heterocycles. The third kappa shape index (κ3) is 8.68. The van der Waals surface area contributed by atoms with Gasteiger partial charge in [-0.2, -0.15) is 0 Å². The van der Waals surface area contributed by atoms with Gasteiger partial charge in [0.05, 0.1) is 0 Å². The lowest BCUT2D eigenvalue weighted by atomic mass is 9.60. The Kier molecular flexibility index (Phi) is 12.0. The van der Waals surface area contributed by atoms with Gasteiger partial charge in [0.1, 0.15) is 0 Å². The highest BCUT2D eigenvalue weighted by Gasteiger charge is 2.41. The summed E-state index contributed by atoms with van der Waals surface area (Å²) in [6.45, 7) is 0. The maximum absolute atomic E-state index is 5.23. The summed E-state index contributed by atoms with van der Waals surface area (Å²) in [5.74, 6) is 4.04. The molecular weight excluding hydrogens is 1090 g/mol.